The van der Waals surface area contributed by atoms with Gasteiger partial charge in [0, 0.05) is 29.4 Å². The molecule has 2 amide bonds. The number of benzene rings is 3. The number of nitrogens with zero attached hydrogens (tertiary/aromatic N) is 1. The third-order valence-electron chi connectivity index (χ3n) is 5.41. The van der Waals surface area contributed by atoms with E-state index in [9.17, 15) is 9.59 Å². The normalized spacial score (nSPS) is 14.9. The second-order valence-corrected chi connectivity index (χ2v) is 7.47. The topological polar surface area (TPSA) is 58.6 Å². The van der Waals surface area contributed by atoms with E-state index in [1.165, 1.54) is 0 Å². The van der Waals surface area contributed by atoms with Crippen molar-refractivity contribution in [2.75, 3.05) is 12.0 Å². The van der Waals surface area contributed by atoms with Crippen LogP contribution in [0.15, 0.2) is 72.8 Å². The zero-order chi connectivity index (χ0) is 21.1. The van der Waals surface area contributed by atoms with Crippen LogP contribution in [0.4, 0.5) is 5.69 Å². The predicted molar refractivity (Wildman–Crippen MR) is 117 cm³/mol. The molecule has 0 fully saturated rings. The minimum absolute atomic E-state index is 0.00117. The molecule has 152 valence electrons. The van der Waals surface area contributed by atoms with Gasteiger partial charge >= 0.3 is 0 Å². The highest BCUT2D eigenvalue weighted by Gasteiger charge is 2.31. The van der Waals surface area contributed by atoms with Crippen molar-refractivity contribution in [1.82, 2.24) is 5.32 Å². The Morgan fingerprint density at radius 3 is 2.43 bits per heavy atom. The van der Waals surface area contributed by atoms with E-state index in [0.717, 1.165) is 23.2 Å². The molecular formula is C25H24N2O3. The smallest absolute Gasteiger partial charge is 0.258 e. The lowest BCUT2D eigenvalue weighted by molar-refractivity contribution is 0.0948. The Morgan fingerprint density at radius 2 is 1.73 bits per heavy atom. The van der Waals surface area contributed by atoms with E-state index in [2.05, 4.69) is 18.3 Å². The van der Waals surface area contributed by atoms with Gasteiger partial charge in [-0.15, -0.1) is 0 Å². The summed E-state index contributed by atoms with van der Waals surface area (Å²) >= 11 is 0. The number of ether oxygens (including phenoxy) is 1. The molecule has 1 aliphatic rings. The average molecular weight is 400 g/mol. The predicted octanol–water partition coefficient (Wildman–Crippen LogP) is 4.22. The van der Waals surface area contributed by atoms with Crippen molar-refractivity contribution >= 4 is 17.5 Å². The van der Waals surface area contributed by atoms with E-state index in [4.69, 9.17) is 4.74 Å². The number of nitrogens with one attached hydrogen (secondary N) is 1. The van der Waals surface area contributed by atoms with Gasteiger partial charge in [-0.3, -0.25) is 9.59 Å². The molecule has 0 aliphatic carbocycles. The molecule has 1 atom stereocenters. The Labute approximate surface area is 176 Å². The van der Waals surface area contributed by atoms with Crippen molar-refractivity contribution in [3.05, 3.63) is 95.1 Å². The number of amides is 2. The lowest BCUT2D eigenvalue weighted by atomic mass is 10.1. The van der Waals surface area contributed by atoms with E-state index in [0.29, 0.717) is 23.4 Å². The number of carbonyl (C=O) groups is 2. The van der Waals surface area contributed by atoms with E-state index < -0.39 is 0 Å². The van der Waals surface area contributed by atoms with Crippen molar-refractivity contribution < 1.29 is 14.3 Å². The van der Waals surface area contributed by atoms with Crippen molar-refractivity contribution in [3.8, 4) is 5.75 Å². The molecule has 5 nitrogen and oxygen atoms in total. The standard InChI is InChI=1S/C25H24N2O3/c1-17-14-21-9-8-18(16-26-24(28)19-10-12-22(30-2)13-11-19)15-23(21)27(17)25(29)20-6-4-3-5-7-20/h3-13,15,17H,14,16H2,1-2H3,(H,26,28)/t17-/m1/s1. The minimum atomic E-state index is -0.149. The quantitative estimate of drug-likeness (QED) is 0.698. The van der Waals surface area contributed by atoms with Crippen molar-refractivity contribution in [2.24, 2.45) is 0 Å². The van der Waals surface area contributed by atoms with Gasteiger partial charge in [0.2, 0.25) is 0 Å². The number of rotatable bonds is 5. The van der Waals surface area contributed by atoms with Gasteiger partial charge in [0.1, 0.15) is 5.75 Å². The number of hydrogen-bond donors (Lipinski definition) is 1. The van der Waals surface area contributed by atoms with Gasteiger partial charge in [0.05, 0.1) is 7.11 Å². The molecule has 1 N–H and O–H groups in total. The van der Waals surface area contributed by atoms with Gasteiger partial charge in [-0.25, -0.2) is 0 Å². The van der Waals surface area contributed by atoms with Crippen molar-refractivity contribution in [1.29, 1.82) is 0 Å². The summed E-state index contributed by atoms with van der Waals surface area (Å²) in [7, 11) is 1.59. The van der Waals surface area contributed by atoms with Crippen LogP contribution in [0, 0.1) is 0 Å². The Balaban J connectivity index is 1.50. The maximum Gasteiger partial charge on any atom is 0.258 e. The summed E-state index contributed by atoms with van der Waals surface area (Å²) in [6.45, 7) is 2.45. The molecule has 3 aromatic carbocycles. The average Bonchev–Trinajstić information content (AvgIpc) is 3.12. The molecular weight excluding hydrogens is 376 g/mol. The fraction of sp³-hybridized carbons (Fsp3) is 0.200. The van der Waals surface area contributed by atoms with Gasteiger partial charge in [0.15, 0.2) is 0 Å². The highest BCUT2D eigenvalue weighted by molar-refractivity contribution is 6.07. The molecule has 4 rings (SSSR count). The number of carbonyl (C=O) groups excluding carboxylic acids is 2. The summed E-state index contributed by atoms with van der Waals surface area (Å²) in [6, 6.07) is 22.5. The Morgan fingerprint density at radius 1 is 1.00 bits per heavy atom. The van der Waals surface area contributed by atoms with Gasteiger partial charge in [-0.1, -0.05) is 30.3 Å². The first kappa shape index (κ1) is 19.7. The number of hydrogen-bond acceptors (Lipinski definition) is 3. The van der Waals surface area contributed by atoms with Crippen LogP contribution in [-0.2, 0) is 13.0 Å². The van der Waals surface area contributed by atoms with Gasteiger partial charge in [-0.05, 0) is 66.9 Å². The fourth-order valence-corrected chi connectivity index (χ4v) is 3.82. The number of methoxy groups -OCH3 is 1. The molecule has 5 heteroatoms. The fourth-order valence-electron chi connectivity index (χ4n) is 3.82. The van der Waals surface area contributed by atoms with E-state index >= 15 is 0 Å². The Kier molecular flexibility index (Phi) is 5.53. The van der Waals surface area contributed by atoms with Crippen LogP contribution in [0.25, 0.3) is 0 Å². The lowest BCUT2D eigenvalue weighted by Crippen LogP contribution is -2.35. The molecule has 0 spiro atoms. The second-order valence-electron chi connectivity index (χ2n) is 7.47. The zero-order valence-corrected chi connectivity index (χ0v) is 17.1. The molecule has 30 heavy (non-hydrogen) atoms. The lowest BCUT2D eigenvalue weighted by Gasteiger charge is -2.23. The number of anilines is 1. The summed E-state index contributed by atoms with van der Waals surface area (Å²) in [4.78, 5) is 27.4. The molecule has 0 aromatic heterocycles. The molecule has 0 unspecified atom stereocenters. The van der Waals surface area contributed by atoms with Crippen LogP contribution in [0.1, 0.15) is 38.8 Å². The van der Waals surface area contributed by atoms with Crippen LogP contribution in [0.2, 0.25) is 0 Å². The maximum atomic E-state index is 13.1. The van der Waals surface area contributed by atoms with E-state index in [1.807, 2.05) is 47.4 Å². The minimum Gasteiger partial charge on any atom is -0.497 e. The number of fused-ring (bicyclic) bond motifs is 1. The van der Waals surface area contributed by atoms with Gasteiger partial charge < -0.3 is 15.0 Å². The maximum absolute atomic E-state index is 13.1. The van der Waals surface area contributed by atoms with Crippen molar-refractivity contribution in [2.45, 2.75) is 25.9 Å². The summed E-state index contributed by atoms with van der Waals surface area (Å²) in [5.41, 5.74) is 4.28. The molecule has 1 aliphatic heterocycles. The first-order chi connectivity index (χ1) is 14.6. The zero-order valence-electron chi connectivity index (χ0n) is 17.1. The summed E-state index contributed by atoms with van der Waals surface area (Å²) < 4.78 is 5.13. The molecule has 0 saturated heterocycles. The summed E-state index contributed by atoms with van der Waals surface area (Å²) in [5, 5.41) is 2.95. The first-order valence-corrected chi connectivity index (χ1v) is 9.99. The largest absolute Gasteiger partial charge is 0.497 e. The van der Waals surface area contributed by atoms with Crippen molar-refractivity contribution in [3.63, 3.8) is 0 Å². The first-order valence-electron chi connectivity index (χ1n) is 9.99. The van der Waals surface area contributed by atoms with E-state index in [-0.39, 0.29) is 17.9 Å². The summed E-state index contributed by atoms with van der Waals surface area (Å²) in [6.07, 6.45) is 0.826. The SMILES string of the molecule is COc1ccc(C(=O)NCc2ccc3c(c2)N(C(=O)c2ccccc2)[C@H](C)C3)cc1. The molecule has 0 saturated carbocycles. The highest BCUT2D eigenvalue weighted by atomic mass is 16.5. The Bertz CT molecular complexity index is 1060. The second kappa shape index (κ2) is 8.41. The Hall–Kier alpha value is -3.60. The monoisotopic (exact) mass is 400 g/mol. The van der Waals surface area contributed by atoms with Crippen LogP contribution >= 0.6 is 0 Å². The van der Waals surface area contributed by atoms with Crippen LogP contribution < -0.4 is 15.0 Å². The van der Waals surface area contributed by atoms with Gasteiger partial charge in [0.25, 0.3) is 11.8 Å². The molecule has 0 radical (unpaired) electrons. The summed E-state index contributed by atoms with van der Waals surface area (Å²) in [5.74, 6) is 0.562. The van der Waals surface area contributed by atoms with Gasteiger partial charge in [-0.2, -0.15) is 0 Å². The van der Waals surface area contributed by atoms with E-state index in [1.54, 1.807) is 31.4 Å². The van der Waals surface area contributed by atoms with Crippen LogP contribution in [0.5, 0.6) is 5.75 Å². The third-order valence-corrected chi connectivity index (χ3v) is 5.41. The molecule has 1 heterocycles. The highest BCUT2D eigenvalue weighted by Crippen LogP contribution is 2.34. The third kappa shape index (κ3) is 3.92. The van der Waals surface area contributed by atoms with Crippen LogP contribution in [-0.4, -0.2) is 25.0 Å². The molecule has 3 aromatic rings. The van der Waals surface area contributed by atoms with Crippen LogP contribution in [0.3, 0.4) is 0 Å². The molecule has 0 bridgehead atoms.